The number of hydrogen-bond acceptors (Lipinski definition) is 3. The summed E-state index contributed by atoms with van der Waals surface area (Å²) in [6, 6.07) is 6.23. The first-order valence-corrected chi connectivity index (χ1v) is 6.60. The summed E-state index contributed by atoms with van der Waals surface area (Å²) >= 11 is 2.12. The molecule has 0 saturated carbocycles. The number of ether oxygens (including phenoxy) is 1. The van der Waals surface area contributed by atoms with Crippen LogP contribution in [0.5, 0.6) is 5.88 Å². The Bertz CT molecular complexity index is 739. The second-order valence-corrected chi connectivity index (χ2v) is 5.02. The van der Waals surface area contributed by atoms with Gasteiger partial charge in [0.05, 0.1) is 13.3 Å². The van der Waals surface area contributed by atoms with Crippen LogP contribution in [0.15, 0.2) is 36.7 Å². The number of methoxy groups -OCH3 is 1. The maximum atomic E-state index is 13.0. The number of nitrogens with zero attached hydrogens (tertiary/aromatic N) is 3. The molecule has 6 heteroatoms. The molecule has 0 aliphatic heterocycles. The predicted molar refractivity (Wildman–Crippen MR) is 77.7 cm³/mol. The highest BCUT2D eigenvalue weighted by molar-refractivity contribution is 14.1. The average molecular weight is 369 g/mol. The van der Waals surface area contributed by atoms with Gasteiger partial charge in [-0.05, 0) is 46.9 Å². The zero-order chi connectivity index (χ0) is 13.4. The van der Waals surface area contributed by atoms with Gasteiger partial charge in [-0.1, -0.05) is 0 Å². The number of fused-ring (bicyclic) bond motifs is 1. The lowest BCUT2D eigenvalue weighted by molar-refractivity contribution is 0.400. The number of imidazole rings is 1. The van der Waals surface area contributed by atoms with Crippen molar-refractivity contribution in [3.8, 4) is 17.3 Å². The molecule has 0 spiro atoms. The van der Waals surface area contributed by atoms with Crippen molar-refractivity contribution in [1.29, 1.82) is 0 Å². The van der Waals surface area contributed by atoms with E-state index in [1.54, 1.807) is 25.4 Å². The highest BCUT2D eigenvalue weighted by Crippen LogP contribution is 2.25. The lowest BCUT2D eigenvalue weighted by atomic mass is 10.2. The molecule has 0 N–H and O–H groups in total. The van der Waals surface area contributed by atoms with Gasteiger partial charge in [0, 0.05) is 11.8 Å². The first-order valence-electron chi connectivity index (χ1n) is 5.52. The van der Waals surface area contributed by atoms with Gasteiger partial charge < -0.3 is 4.74 Å². The van der Waals surface area contributed by atoms with E-state index in [1.165, 1.54) is 12.1 Å². The fourth-order valence-electron chi connectivity index (χ4n) is 1.90. The van der Waals surface area contributed by atoms with Gasteiger partial charge in [0.1, 0.15) is 20.9 Å². The van der Waals surface area contributed by atoms with E-state index in [1.807, 2.05) is 10.6 Å². The monoisotopic (exact) mass is 369 g/mol. The largest absolute Gasteiger partial charge is 0.479 e. The Morgan fingerprint density at radius 2 is 2.00 bits per heavy atom. The molecule has 0 fully saturated rings. The third-order valence-electron chi connectivity index (χ3n) is 2.76. The first kappa shape index (κ1) is 12.3. The first-order chi connectivity index (χ1) is 9.19. The van der Waals surface area contributed by atoms with Crippen molar-refractivity contribution in [2.45, 2.75) is 0 Å². The van der Waals surface area contributed by atoms with Gasteiger partial charge in [0.25, 0.3) is 0 Å². The number of halogens is 2. The highest BCUT2D eigenvalue weighted by atomic mass is 127. The topological polar surface area (TPSA) is 39.4 Å². The van der Waals surface area contributed by atoms with Crippen LogP contribution in [0, 0.1) is 9.52 Å². The van der Waals surface area contributed by atoms with Crippen LogP contribution in [-0.4, -0.2) is 21.5 Å². The van der Waals surface area contributed by atoms with E-state index in [-0.39, 0.29) is 5.82 Å². The second kappa shape index (κ2) is 4.76. The summed E-state index contributed by atoms with van der Waals surface area (Å²) in [5, 5.41) is 0. The molecular weight excluding hydrogens is 360 g/mol. The van der Waals surface area contributed by atoms with Crippen LogP contribution in [0.4, 0.5) is 4.39 Å². The molecule has 0 bridgehead atoms. The van der Waals surface area contributed by atoms with Gasteiger partial charge in [-0.25, -0.2) is 14.4 Å². The lowest BCUT2D eigenvalue weighted by Gasteiger charge is -2.05. The molecule has 3 aromatic rings. The Kier molecular flexibility index (Phi) is 3.09. The van der Waals surface area contributed by atoms with Crippen molar-refractivity contribution >= 4 is 28.1 Å². The SMILES string of the molecule is COc1nc(I)cn2c(-c3ccc(F)cc3)ncc12. The third-order valence-corrected chi connectivity index (χ3v) is 3.28. The summed E-state index contributed by atoms with van der Waals surface area (Å²) in [5.41, 5.74) is 1.62. The van der Waals surface area contributed by atoms with Crippen molar-refractivity contribution in [3.63, 3.8) is 0 Å². The summed E-state index contributed by atoms with van der Waals surface area (Å²) in [6.07, 6.45) is 3.56. The quantitative estimate of drug-likeness (QED) is 0.652. The summed E-state index contributed by atoms with van der Waals surface area (Å²) in [7, 11) is 1.57. The molecule has 19 heavy (non-hydrogen) atoms. The van der Waals surface area contributed by atoms with E-state index >= 15 is 0 Å². The fraction of sp³-hybridized carbons (Fsp3) is 0.0769. The maximum absolute atomic E-state index is 13.0. The minimum Gasteiger partial charge on any atom is -0.479 e. The van der Waals surface area contributed by atoms with Crippen molar-refractivity contribution in [2.75, 3.05) is 7.11 Å². The van der Waals surface area contributed by atoms with E-state index in [0.29, 0.717) is 5.88 Å². The normalized spacial score (nSPS) is 10.9. The van der Waals surface area contributed by atoms with E-state index in [4.69, 9.17) is 4.74 Å². The molecule has 4 nitrogen and oxygen atoms in total. The Morgan fingerprint density at radius 1 is 1.26 bits per heavy atom. The molecule has 2 heterocycles. The van der Waals surface area contributed by atoms with Gasteiger partial charge in [-0.2, -0.15) is 0 Å². The molecule has 0 unspecified atom stereocenters. The average Bonchev–Trinajstić information content (AvgIpc) is 2.82. The molecule has 96 valence electrons. The Labute approximate surface area is 122 Å². The van der Waals surface area contributed by atoms with Crippen molar-refractivity contribution in [3.05, 3.63) is 46.2 Å². The fourth-order valence-corrected chi connectivity index (χ4v) is 2.40. The van der Waals surface area contributed by atoms with Crippen LogP contribution in [0.2, 0.25) is 0 Å². The van der Waals surface area contributed by atoms with Crippen LogP contribution >= 0.6 is 22.6 Å². The molecule has 1 aromatic carbocycles. The second-order valence-electron chi connectivity index (χ2n) is 3.92. The van der Waals surface area contributed by atoms with Gasteiger partial charge in [-0.15, -0.1) is 0 Å². The number of aromatic nitrogens is 3. The van der Waals surface area contributed by atoms with Gasteiger partial charge in [-0.3, -0.25) is 4.40 Å². The number of benzene rings is 1. The zero-order valence-electron chi connectivity index (χ0n) is 9.97. The summed E-state index contributed by atoms with van der Waals surface area (Å²) in [5.74, 6) is 0.986. The Hall–Kier alpha value is -1.70. The molecule has 0 aliphatic carbocycles. The maximum Gasteiger partial charge on any atom is 0.240 e. The standard InChI is InChI=1S/C13H9FIN3O/c1-19-13-10-6-16-12(18(10)7-11(15)17-13)8-2-4-9(14)5-3-8/h2-7H,1H3. The predicted octanol–water partition coefficient (Wildman–Crippen LogP) is 3.15. The third kappa shape index (κ3) is 2.16. The van der Waals surface area contributed by atoms with E-state index in [9.17, 15) is 4.39 Å². The zero-order valence-corrected chi connectivity index (χ0v) is 12.1. The smallest absolute Gasteiger partial charge is 0.240 e. The minimum absolute atomic E-state index is 0.265. The lowest BCUT2D eigenvalue weighted by Crippen LogP contribution is -1.97. The number of hydrogen-bond donors (Lipinski definition) is 0. The van der Waals surface area contributed by atoms with Crippen molar-refractivity contribution in [2.24, 2.45) is 0 Å². The van der Waals surface area contributed by atoms with Crippen LogP contribution < -0.4 is 4.74 Å². The summed E-state index contributed by atoms with van der Waals surface area (Å²) < 4.78 is 20.9. The molecule has 2 aromatic heterocycles. The molecule has 0 saturated heterocycles. The summed E-state index contributed by atoms with van der Waals surface area (Å²) in [6.45, 7) is 0. The van der Waals surface area contributed by atoms with Crippen molar-refractivity contribution < 1.29 is 9.13 Å². The van der Waals surface area contributed by atoms with Gasteiger partial charge in [0.2, 0.25) is 5.88 Å². The van der Waals surface area contributed by atoms with Crippen LogP contribution in [0.1, 0.15) is 0 Å². The van der Waals surface area contributed by atoms with Gasteiger partial charge >= 0.3 is 0 Å². The Balaban J connectivity index is 2.25. The Morgan fingerprint density at radius 3 is 2.68 bits per heavy atom. The number of rotatable bonds is 2. The molecule has 3 rings (SSSR count). The van der Waals surface area contributed by atoms with Crippen LogP contribution in [-0.2, 0) is 0 Å². The molecule has 0 amide bonds. The van der Waals surface area contributed by atoms with E-state index < -0.39 is 0 Å². The van der Waals surface area contributed by atoms with Crippen LogP contribution in [0.25, 0.3) is 16.9 Å². The molecule has 0 atom stereocenters. The minimum atomic E-state index is -0.265. The van der Waals surface area contributed by atoms with Crippen LogP contribution in [0.3, 0.4) is 0 Å². The molecule has 0 aliphatic rings. The van der Waals surface area contributed by atoms with E-state index in [2.05, 4.69) is 32.6 Å². The van der Waals surface area contributed by atoms with Crippen molar-refractivity contribution in [1.82, 2.24) is 14.4 Å². The molecule has 0 radical (unpaired) electrons. The summed E-state index contributed by atoms with van der Waals surface area (Å²) in [4.78, 5) is 8.65. The molecular formula is C13H9FIN3O. The highest BCUT2D eigenvalue weighted by Gasteiger charge is 2.12. The van der Waals surface area contributed by atoms with Gasteiger partial charge in [0.15, 0.2) is 0 Å². The van der Waals surface area contributed by atoms with E-state index in [0.717, 1.165) is 20.6 Å².